The summed E-state index contributed by atoms with van der Waals surface area (Å²) in [5.41, 5.74) is 0. The lowest BCUT2D eigenvalue weighted by atomic mass is 9.84. The van der Waals surface area contributed by atoms with Crippen LogP contribution in [0.1, 0.15) is 329 Å². The van der Waals surface area contributed by atoms with E-state index in [1.165, 1.54) is 173 Å². The minimum atomic E-state index is -5.70. The van der Waals surface area contributed by atoms with E-state index >= 15 is 0 Å². The fraction of sp³-hybridized carbons (Fsp3) is 0.935. The molecule has 0 aromatic rings. The van der Waals surface area contributed by atoms with Crippen LogP contribution in [0.4, 0.5) is 0 Å². The van der Waals surface area contributed by atoms with Crippen LogP contribution in [0, 0.1) is 0 Å². The van der Waals surface area contributed by atoms with Crippen LogP contribution in [0.15, 0.2) is 12.2 Å². The standard InChI is InChI=1S/C77H143O24P/c1-4-7-10-13-16-19-22-25-28-30-32-35-38-41-44-47-50-53-63(81)96-58(55-93-61(79)51-48-45-42-39-36-33-27-24-21-18-15-12-9-6-3)56-95-102(91,92)101-75-73(99-76-71(89)66(84)64(82)59(54-78)97-76)69(87)68(86)70(88)74(75)100-77-72(90)67(85)65(83)60(98-77)57-94-62(80)52-49-46-43-40-37-34-31-29-26-23-20-17-14-11-8-5-2/h33,36,58-60,64-78,82-90H,4-32,34-35,37-57H2,1-3H3,(H,91,92)/b36-33-. The van der Waals surface area contributed by atoms with E-state index in [9.17, 15) is 74.9 Å². The van der Waals surface area contributed by atoms with Crippen molar-refractivity contribution in [1.29, 1.82) is 0 Å². The van der Waals surface area contributed by atoms with Crippen LogP contribution in [0.2, 0.25) is 0 Å². The second-order valence-electron chi connectivity index (χ2n) is 29.1. The number of phosphoric acid groups is 1. The van der Waals surface area contributed by atoms with Gasteiger partial charge >= 0.3 is 25.7 Å². The fourth-order valence-electron chi connectivity index (χ4n) is 13.5. The molecule has 3 aliphatic rings. The number of aliphatic hydroxyl groups is 10. The van der Waals surface area contributed by atoms with Crippen LogP contribution >= 0.6 is 7.82 Å². The Labute approximate surface area is 612 Å². The van der Waals surface area contributed by atoms with Crippen molar-refractivity contribution < 1.29 is 117 Å². The number of allylic oxidation sites excluding steroid dienone is 2. The van der Waals surface area contributed by atoms with E-state index in [0.29, 0.717) is 19.3 Å². The van der Waals surface area contributed by atoms with E-state index in [0.717, 1.165) is 96.3 Å². The van der Waals surface area contributed by atoms with Crippen molar-refractivity contribution in [2.45, 2.75) is 433 Å². The molecule has 102 heavy (non-hydrogen) atoms. The third-order valence-corrected chi connectivity index (χ3v) is 21.0. The van der Waals surface area contributed by atoms with Gasteiger partial charge in [0.05, 0.1) is 13.2 Å². The molecule has 2 aliphatic heterocycles. The monoisotopic (exact) mass is 1480 g/mol. The summed E-state index contributed by atoms with van der Waals surface area (Å²) in [5, 5.41) is 110. The number of aliphatic hydroxyl groups excluding tert-OH is 10. The Hall–Kier alpha value is -2.30. The molecular weight excluding hydrogens is 1340 g/mol. The van der Waals surface area contributed by atoms with E-state index < -0.39 is 156 Å². The summed E-state index contributed by atoms with van der Waals surface area (Å²) < 4.78 is 65.2. The highest BCUT2D eigenvalue weighted by molar-refractivity contribution is 7.47. The van der Waals surface area contributed by atoms with Crippen LogP contribution in [-0.2, 0) is 61.2 Å². The van der Waals surface area contributed by atoms with Gasteiger partial charge in [0.2, 0.25) is 0 Å². The predicted molar refractivity (Wildman–Crippen MR) is 388 cm³/mol. The molecule has 2 heterocycles. The number of ether oxygens (including phenoxy) is 7. The summed E-state index contributed by atoms with van der Waals surface area (Å²) in [6.45, 7) is 3.48. The van der Waals surface area contributed by atoms with Crippen molar-refractivity contribution in [3.8, 4) is 0 Å². The molecule has 18 unspecified atom stereocenters. The zero-order valence-electron chi connectivity index (χ0n) is 62.9. The third kappa shape index (κ3) is 40.8. The smallest absolute Gasteiger partial charge is 0.463 e. The van der Waals surface area contributed by atoms with Crippen molar-refractivity contribution in [2.75, 3.05) is 26.4 Å². The molecule has 11 N–H and O–H groups in total. The Morgan fingerprint density at radius 1 is 0.373 bits per heavy atom. The summed E-state index contributed by atoms with van der Waals surface area (Å²) in [5.74, 6) is -1.99. The highest BCUT2D eigenvalue weighted by Crippen LogP contribution is 2.49. The molecule has 24 nitrogen and oxygen atoms in total. The third-order valence-electron chi connectivity index (χ3n) is 20.0. The molecule has 3 fully saturated rings. The summed E-state index contributed by atoms with van der Waals surface area (Å²) in [6.07, 6.45) is 19.6. The largest absolute Gasteiger partial charge is 0.472 e. The molecule has 1 aliphatic carbocycles. The normalized spacial score (nSPS) is 27.0. The van der Waals surface area contributed by atoms with Gasteiger partial charge in [-0.3, -0.25) is 23.4 Å². The van der Waals surface area contributed by atoms with Crippen molar-refractivity contribution in [3.05, 3.63) is 12.2 Å². The van der Waals surface area contributed by atoms with Gasteiger partial charge in [-0.25, -0.2) is 4.57 Å². The van der Waals surface area contributed by atoms with Gasteiger partial charge in [-0.05, 0) is 44.9 Å². The van der Waals surface area contributed by atoms with E-state index in [2.05, 4.69) is 32.9 Å². The first kappa shape index (κ1) is 93.9. The maximum atomic E-state index is 14.4. The van der Waals surface area contributed by atoms with Crippen LogP contribution < -0.4 is 0 Å². The number of hydrogen-bond donors (Lipinski definition) is 11. The zero-order chi connectivity index (χ0) is 74.6. The summed E-state index contributed by atoms with van der Waals surface area (Å²) in [7, 11) is -5.70. The second kappa shape index (κ2) is 58.7. The lowest BCUT2D eigenvalue weighted by molar-refractivity contribution is -0.360. The first-order chi connectivity index (χ1) is 49.3. The van der Waals surface area contributed by atoms with Gasteiger partial charge in [-0.1, -0.05) is 277 Å². The molecule has 0 bridgehead atoms. The maximum Gasteiger partial charge on any atom is 0.472 e. The first-order valence-electron chi connectivity index (χ1n) is 40.5. The Morgan fingerprint density at radius 3 is 1.07 bits per heavy atom. The Kier molecular flexibility index (Phi) is 54.0. The summed E-state index contributed by atoms with van der Waals surface area (Å²) in [4.78, 5) is 51.1. The highest BCUT2D eigenvalue weighted by Gasteiger charge is 2.58. The molecule has 2 saturated heterocycles. The van der Waals surface area contributed by atoms with Gasteiger partial charge in [0.25, 0.3) is 0 Å². The molecule has 1 saturated carbocycles. The topological polar surface area (TPSA) is 374 Å². The number of hydrogen-bond acceptors (Lipinski definition) is 23. The molecule has 25 heteroatoms. The SMILES string of the molecule is CCCCCCCCC/C=C\CCCCCC(=O)OCC(COP(=O)(O)OC1C(OC2OC(CO)C(O)C(O)C2O)C(O)C(O)C(O)C1OC1OC(COC(=O)CCCCCCCCCCCCCCCCCC)C(O)C(O)C1O)OC(=O)CCCCCCCCCCCCCCCCCCC. The quantitative estimate of drug-likeness (QED) is 0.00886. The molecule has 0 aromatic heterocycles. The molecule has 0 radical (unpaired) electrons. The summed E-state index contributed by atoms with van der Waals surface area (Å²) >= 11 is 0. The minimum Gasteiger partial charge on any atom is -0.463 e. The van der Waals surface area contributed by atoms with E-state index in [4.69, 9.17) is 42.2 Å². The average molecular weight is 1480 g/mol. The Bertz CT molecular complexity index is 2150. The summed E-state index contributed by atoms with van der Waals surface area (Å²) in [6, 6.07) is 0. The molecule has 18 atom stereocenters. The molecule has 0 amide bonds. The molecule has 0 spiro atoms. The van der Waals surface area contributed by atoms with Crippen molar-refractivity contribution in [2.24, 2.45) is 0 Å². The van der Waals surface area contributed by atoms with E-state index in [-0.39, 0.29) is 19.3 Å². The highest BCUT2D eigenvalue weighted by atomic mass is 31.2. The number of unbranched alkanes of at least 4 members (excludes halogenated alkanes) is 41. The number of rotatable bonds is 64. The average Bonchev–Trinajstić information content (AvgIpc) is 0.762. The van der Waals surface area contributed by atoms with Crippen LogP contribution in [0.3, 0.4) is 0 Å². The zero-order valence-corrected chi connectivity index (χ0v) is 63.8. The first-order valence-corrected chi connectivity index (χ1v) is 42.0. The number of esters is 3. The lowest BCUT2D eigenvalue weighted by Gasteiger charge is -2.49. The fourth-order valence-corrected chi connectivity index (χ4v) is 14.4. The van der Waals surface area contributed by atoms with Crippen LogP contribution in [0.25, 0.3) is 0 Å². The maximum absolute atomic E-state index is 14.4. The number of phosphoric ester groups is 1. The van der Waals surface area contributed by atoms with Crippen LogP contribution in [-0.4, -0.2) is 204 Å². The molecule has 0 aromatic carbocycles. The predicted octanol–water partition coefficient (Wildman–Crippen LogP) is 12.3. The van der Waals surface area contributed by atoms with Gasteiger partial charge in [-0.15, -0.1) is 0 Å². The number of carbonyl (C=O) groups excluding carboxylic acids is 3. The second-order valence-corrected chi connectivity index (χ2v) is 30.5. The van der Waals surface area contributed by atoms with Crippen molar-refractivity contribution in [3.63, 3.8) is 0 Å². The van der Waals surface area contributed by atoms with Gasteiger partial charge in [-0.2, -0.15) is 0 Å². The van der Waals surface area contributed by atoms with Gasteiger partial charge in [0.1, 0.15) is 98.7 Å². The van der Waals surface area contributed by atoms with Crippen molar-refractivity contribution in [1.82, 2.24) is 0 Å². The lowest BCUT2D eigenvalue weighted by Crippen LogP contribution is -2.69. The van der Waals surface area contributed by atoms with Gasteiger partial charge < -0.3 is 89.1 Å². The van der Waals surface area contributed by atoms with Crippen molar-refractivity contribution >= 4 is 25.7 Å². The molecule has 600 valence electrons. The van der Waals surface area contributed by atoms with Gasteiger partial charge in [0.15, 0.2) is 18.7 Å². The molecule has 3 rings (SSSR count). The minimum absolute atomic E-state index is 0.0282. The molecular formula is C77H143O24P. The van der Waals surface area contributed by atoms with E-state index in [1.54, 1.807) is 0 Å². The van der Waals surface area contributed by atoms with Gasteiger partial charge in [0, 0.05) is 19.3 Å². The Morgan fingerprint density at radius 2 is 0.686 bits per heavy atom. The number of carbonyl (C=O) groups is 3. The van der Waals surface area contributed by atoms with E-state index in [1.807, 2.05) is 0 Å². The van der Waals surface area contributed by atoms with Crippen LogP contribution in [0.5, 0.6) is 0 Å². The Balaban J connectivity index is 1.70.